The van der Waals surface area contributed by atoms with Crippen LogP contribution >= 0.6 is 0 Å². The number of ether oxygens (including phenoxy) is 4. The molecule has 0 unspecified atom stereocenters. The lowest BCUT2D eigenvalue weighted by Gasteiger charge is -2.40. The molecule has 7 nitrogen and oxygen atoms in total. The largest absolute Gasteiger partial charge is 0.496 e. The van der Waals surface area contributed by atoms with Gasteiger partial charge in [-0.05, 0) is 42.9 Å². The maximum atomic E-state index is 12.9. The summed E-state index contributed by atoms with van der Waals surface area (Å²) in [5.74, 6) is 0.413. The number of aromatic nitrogens is 1. The summed E-state index contributed by atoms with van der Waals surface area (Å²) in [4.78, 5) is 25.4. The zero-order chi connectivity index (χ0) is 23.8. The van der Waals surface area contributed by atoms with E-state index in [1.54, 1.807) is 33.4 Å². The van der Waals surface area contributed by atoms with Crippen LogP contribution in [0.5, 0.6) is 5.75 Å². The standard InChI is InChI=1S/C26H33NO6/c1-6-33-25(29)20-14-27-21(13-22(20)28)19-12-23(31-5)16(15-32-10-9-30-4)11-18(19)17-7-8-26(2,3)24(17)27/h11-14,17,24H,6-10,15H2,1-5H3/t17-,24+/m0/s1. The third-order valence-corrected chi connectivity index (χ3v) is 6.97. The van der Waals surface area contributed by atoms with Crippen LogP contribution in [0.15, 0.2) is 29.2 Å². The summed E-state index contributed by atoms with van der Waals surface area (Å²) in [5, 5.41) is 0. The third kappa shape index (κ3) is 4.20. The second kappa shape index (κ2) is 9.31. The lowest BCUT2D eigenvalue weighted by Crippen LogP contribution is -2.32. The molecule has 0 spiro atoms. The SMILES string of the molecule is CCOC(=O)c1cn2c(cc1=O)-c1cc(OC)c(COCCOC)cc1[C@@H]1CCC(C)(C)[C@@H]12. The van der Waals surface area contributed by atoms with Crippen molar-refractivity contribution in [1.29, 1.82) is 0 Å². The second-order valence-electron chi connectivity index (χ2n) is 9.44. The van der Waals surface area contributed by atoms with Crippen molar-refractivity contribution < 1.29 is 23.7 Å². The van der Waals surface area contributed by atoms with Crippen molar-refractivity contribution in [2.75, 3.05) is 34.0 Å². The first-order chi connectivity index (χ1) is 15.8. The van der Waals surface area contributed by atoms with E-state index in [-0.39, 0.29) is 35.0 Å². The number of carbonyl (C=O) groups excluding carboxylic acids is 1. The highest BCUT2D eigenvalue weighted by atomic mass is 16.5. The summed E-state index contributed by atoms with van der Waals surface area (Å²) in [7, 11) is 3.29. The van der Waals surface area contributed by atoms with Gasteiger partial charge in [0.05, 0.1) is 39.2 Å². The highest BCUT2D eigenvalue weighted by molar-refractivity contribution is 5.89. The van der Waals surface area contributed by atoms with E-state index in [9.17, 15) is 9.59 Å². The first kappa shape index (κ1) is 23.5. The Hall–Kier alpha value is -2.64. The predicted molar refractivity (Wildman–Crippen MR) is 125 cm³/mol. The zero-order valence-corrected chi connectivity index (χ0v) is 20.1. The van der Waals surface area contributed by atoms with E-state index >= 15 is 0 Å². The van der Waals surface area contributed by atoms with Crippen molar-refractivity contribution in [3.05, 3.63) is 51.3 Å². The Morgan fingerprint density at radius 2 is 1.97 bits per heavy atom. The van der Waals surface area contributed by atoms with Crippen LogP contribution in [0.25, 0.3) is 11.3 Å². The molecule has 1 aliphatic carbocycles. The highest BCUT2D eigenvalue weighted by Gasteiger charge is 2.47. The number of hydrogen-bond donors (Lipinski definition) is 0. The van der Waals surface area contributed by atoms with Gasteiger partial charge in [0.25, 0.3) is 0 Å². The van der Waals surface area contributed by atoms with Gasteiger partial charge in [0.1, 0.15) is 11.3 Å². The van der Waals surface area contributed by atoms with Gasteiger partial charge in [-0.2, -0.15) is 0 Å². The molecule has 2 aromatic rings. The molecule has 1 aliphatic heterocycles. The maximum Gasteiger partial charge on any atom is 0.343 e. The fourth-order valence-corrected chi connectivity index (χ4v) is 5.43. The Morgan fingerprint density at radius 3 is 2.67 bits per heavy atom. The topological polar surface area (TPSA) is 76.0 Å². The first-order valence-electron chi connectivity index (χ1n) is 11.5. The van der Waals surface area contributed by atoms with Gasteiger partial charge in [0.15, 0.2) is 5.43 Å². The monoisotopic (exact) mass is 455 g/mol. The fraction of sp³-hybridized carbons (Fsp3) is 0.538. The molecule has 1 saturated carbocycles. The van der Waals surface area contributed by atoms with Crippen LogP contribution in [-0.4, -0.2) is 44.6 Å². The molecule has 2 aliphatic rings. The van der Waals surface area contributed by atoms with Crippen molar-refractivity contribution in [2.45, 2.75) is 52.2 Å². The van der Waals surface area contributed by atoms with E-state index in [4.69, 9.17) is 18.9 Å². The molecule has 0 radical (unpaired) electrons. The summed E-state index contributed by atoms with van der Waals surface area (Å²) in [6.45, 7) is 7.95. The van der Waals surface area contributed by atoms with Gasteiger partial charge in [-0.25, -0.2) is 4.79 Å². The van der Waals surface area contributed by atoms with Crippen LogP contribution in [0.2, 0.25) is 0 Å². The lowest BCUT2D eigenvalue weighted by molar-refractivity contribution is 0.0523. The summed E-state index contributed by atoms with van der Waals surface area (Å²) < 4.78 is 23.8. The van der Waals surface area contributed by atoms with Crippen LogP contribution in [0.4, 0.5) is 0 Å². The smallest absolute Gasteiger partial charge is 0.343 e. The van der Waals surface area contributed by atoms with E-state index < -0.39 is 5.97 Å². The summed E-state index contributed by atoms with van der Waals surface area (Å²) in [6, 6.07) is 5.88. The average Bonchev–Trinajstić information content (AvgIpc) is 3.11. The number of fused-ring (bicyclic) bond motifs is 6. The summed E-state index contributed by atoms with van der Waals surface area (Å²) in [6.07, 6.45) is 3.78. The maximum absolute atomic E-state index is 12.9. The van der Waals surface area contributed by atoms with Gasteiger partial charge in [-0.3, -0.25) is 4.79 Å². The molecule has 2 atom stereocenters. The number of nitrogens with zero attached hydrogens (tertiary/aromatic N) is 1. The van der Waals surface area contributed by atoms with E-state index in [1.807, 2.05) is 6.07 Å². The Bertz CT molecular complexity index is 1100. The highest BCUT2D eigenvalue weighted by Crippen LogP contribution is 2.59. The van der Waals surface area contributed by atoms with Crippen LogP contribution < -0.4 is 10.2 Å². The van der Waals surface area contributed by atoms with Gasteiger partial charge in [-0.15, -0.1) is 0 Å². The number of carbonyl (C=O) groups is 1. The van der Waals surface area contributed by atoms with E-state index in [0.29, 0.717) is 19.8 Å². The minimum Gasteiger partial charge on any atom is -0.496 e. The molecule has 1 aromatic heterocycles. The van der Waals surface area contributed by atoms with Gasteiger partial charge in [0, 0.05) is 42.5 Å². The molecule has 0 bridgehead atoms. The molecule has 0 N–H and O–H groups in total. The van der Waals surface area contributed by atoms with Crippen molar-refractivity contribution in [3.63, 3.8) is 0 Å². The van der Waals surface area contributed by atoms with E-state index in [1.165, 1.54) is 5.56 Å². The van der Waals surface area contributed by atoms with Crippen LogP contribution in [0.3, 0.4) is 0 Å². The predicted octanol–water partition coefficient (Wildman–Crippen LogP) is 4.32. The second-order valence-corrected chi connectivity index (χ2v) is 9.44. The number of rotatable bonds is 8. The Labute approximate surface area is 194 Å². The number of esters is 1. The number of benzene rings is 1. The van der Waals surface area contributed by atoms with Crippen molar-refractivity contribution in [2.24, 2.45) is 5.41 Å². The number of methoxy groups -OCH3 is 2. The van der Waals surface area contributed by atoms with Crippen molar-refractivity contribution >= 4 is 5.97 Å². The van der Waals surface area contributed by atoms with E-state index in [0.717, 1.165) is 35.4 Å². The molecule has 4 rings (SSSR count). The Balaban J connectivity index is 1.86. The molecule has 1 fully saturated rings. The van der Waals surface area contributed by atoms with Gasteiger partial charge >= 0.3 is 5.97 Å². The Morgan fingerprint density at radius 1 is 1.18 bits per heavy atom. The molecular formula is C26H33NO6. The first-order valence-corrected chi connectivity index (χ1v) is 11.5. The van der Waals surface area contributed by atoms with Crippen molar-refractivity contribution in [3.8, 4) is 17.0 Å². The molecule has 7 heteroatoms. The summed E-state index contributed by atoms with van der Waals surface area (Å²) >= 11 is 0. The van der Waals surface area contributed by atoms with Crippen LogP contribution in [0, 0.1) is 5.41 Å². The molecule has 33 heavy (non-hydrogen) atoms. The van der Waals surface area contributed by atoms with Crippen LogP contribution in [0.1, 0.15) is 67.1 Å². The van der Waals surface area contributed by atoms with Gasteiger partial charge in [-0.1, -0.05) is 13.8 Å². The molecule has 1 aromatic carbocycles. The molecule has 178 valence electrons. The van der Waals surface area contributed by atoms with E-state index in [2.05, 4.69) is 24.5 Å². The van der Waals surface area contributed by atoms with Gasteiger partial charge in [0.2, 0.25) is 0 Å². The zero-order valence-electron chi connectivity index (χ0n) is 20.1. The lowest BCUT2D eigenvalue weighted by atomic mass is 9.77. The summed E-state index contributed by atoms with van der Waals surface area (Å²) in [5.41, 5.74) is 3.73. The Kier molecular flexibility index (Phi) is 6.64. The molecule has 0 saturated heterocycles. The molecular weight excluding hydrogens is 422 g/mol. The third-order valence-electron chi connectivity index (χ3n) is 6.97. The van der Waals surface area contributed by atoms with Gasteiger partial charge < -0.3 is 23.5 Å². The minimum atomic E-state index is -0.572. The number of pyridine rings is 1. The molecule has 0 amide bonds. The minimum absolute atomic E-state index is 0.00710. The van der Waals surface area contributed by atoms with Crippen LogP contribution in [-0.2, 0) is 20.8 Å². The normalized spacial score (nSPS) is 20.0. The average molecular weight is 456 g/mol. The fourth-order valence-electron chi connectivity index (χ4n) is 5.43. The van der Waals surface area contributed by atoms with Crippen molar-refractivity contribution in [1.82, 2.24) is 4.57 Å². The quantitative estimate of drug-likeness (QED) is 0.436. The molecule has 2 heterocycles. The number of hydrogen-bond acceptors (Lipinski definition) is 6.